The molecule has 19 heavy (non-hydrogen) atoms. The number of hydrogen-bond acceptors (Lipinski definition) is 4. The normalized spacial score (nSPS) is 16.6. The monoisotopic (exact) mass is 280 g/mol. The topological polar surface area (TPSA) is 98.5 Å². The summed E-state index contributed by atoms with van der Waals surface area (Å²) in [5, 5.41) is 17.5. The first-order chi connectivity index (χ1) is 8.86. The Hall–Kier alpha value is -1.91. The highest BCUT2D eigenvalue weighted by molar-refractivity contribution is 7.89. The van der Waals surface area contributed by atoms with E-state index >= 15 is 0 Å². The van der Waals surface area contributed by atoms with Crippen LogP contribution in [0.1, 0.15) is 11.1 Å². The molecule has 1 fully saturated rings. The zero-order chi connectivity index (χ0) is 14.2. The third kappa shape index (κ3) is 2.32. The molecule has 0 amide bonds. The van der Waals surface area contributed by atoms with E-state index in [1.165, 1.54) is 18.2 Å². The minimum absolute atomic E-state index is 0.00287. The molecule has 2 rings (SSSR count). The van der Waals surface area contributed by atoms with Crippen molar-refractivity contribution in [3.8, 4) is 6.07 Å². The Balaban J connectivity index is 2.27. The fraction of sp³-hybridized carbons (Fsp3) is 0.333. The summed E-state index contributed by atoms with van der Waals surface area (Å²) < 4.78 is 25.6. The Morgan fingerprint density at radius 3 is 2.58 bits per heavy atom. The molecule has 0 aromatic heterocycles. The van der Waals surface area contributed by atoms with E-state index in [-0.39, 0.29) is 18.0 Å². The summed E-state index contributed by atoms with van der Waals surface area (Å²) in [4.78, 5) is 10.8. The lowest BCUT2D eigenvalue weighted by Crippen LogP contribution is -2.52. The maximum Gasteiger partial charge on any atom is 0.309 e. The van der Waals surface area contributed by atoms with Crippen molar-refractivity contribution in [1.29, 1.82) is 5.26 Å². The van der Waals surface area contributed by atoms with Gasteiger partial charge in [0, 0.05) is 13.1 Å². The van der Waals surface area contributed by atoms with E-state index in [2.05, 4.69) is 0 Å². The molecule has 1 aliphatic rings. The zero-order valence-electron chi connectivity index (χ0n) is 10.2. The molecule has 1 saturated heterocycles. The number of aryl methyl sites for hydroxylation is 1. The van der Waals surface area contributed by atoms with Crippen LogP contribution in [0, 0.1) is 24.2 Å². The first-order valence-corrected chi connectivity index (χ1v) is 7.04. The molecule has 1 heterocycles. The van der Waals surface area contributed by atoms with E-state index in [0.717, 1.165) is 4.31 Å². The third-order valence-electron chi connectivity index (χ3n) is 3.12. The van der Waals surface area contributed by atoms with E-state index in [0.29, 0.717) is 11.1 Å². The van der Waals surface area contributed by atoms with Gasteiger partial charge in [-0.3, -0.25) is 4.79 Å². The van der Waals surface area contributed by atoms with Crippen LogP contribution in [0.4, 0.5) is 0 Å². The second kappa shape index (κ2) is 4.64. The van der Waals surface area contributed by atoms with Crippen LogP contribution in [0.5, 0.6) is 0 Å². The molecule has 1 aliphatic heterocycles. The van der Waals surface area contributed by atoms with Crippen LogP contribution in [0.15, 0.2) is 23.1 Å². The van der Waals surface area contributed by atoms with Crippen molar-refractivity contribution >= 4 is 16.0 Å². The molecule has 0 radical (unpaired) electrons. The van der Waals surface area contributed by atoms with Crippen molar-refractivity contribution in [2.75, 3.05) is 13.1 Å². The summed E-state index contributed by atoms with van der Waals surface area (Å²) in [6.45, 7) is 1.61. The number of benzene rings is 1. The maximum absolute atomic E-state index is 12.3. The molecule has 1 aromatic rings. The highest BCUT2D eigenvalue weighted by atomic mass is 32.2. The molecule has 0 saturated carbocycles. The Morgan fingerprint density at radius 1 is 1.47 bits per heavy atom. The van der Waals surface area contributed by atoms with Gasteiger partial charge in [-0.05, 0) is 30.7 Å². The van der Waals surface area contributed by atoms with Crippen LogP contribution < -0.4 is 0 Å². The van der Waals surface area contributed by atoms with Crippen molar-refractivity contribution in [2.45, 2.75) is 11.8 Å². The summed E-state index contributed by atoms with van der Waals surface area (Å²) in [5.41, 5.74) is 0.876. The Labute approximate surface area is 110 Å². The van der Waals surface area contributed by atoms with Gasteiger partial charge in [-0.15, -0.1) is 0 Å². The summed E-state index contributed by atoms with van der Waals surface area (Å²) in [6, 6.07) is 6.27. The van der Waals surface area contributed by atoms with Crippen molar-refractivity contribution in [2.24, 2.45) is 5.92 Å². The number of rotatable bonds is 3. The number of carboxylic acid groups (broad SMARTS) is 1. The predicted molar refractivity (Wildman–Crippen MR) is 65.8 cm³/mol. The van der Waals surface area contributed by atoms with Crippen LogP contribution in [0.2, 0.25) is 0 Å². The molecular formula is C12H12N2O4S. The van der Waals surface area contributed by atoms with Gasteiger partial charge in [0.05, 0.1) is 22.4 Å². The second-order valence-electron chi connectivity index (χ2n) is 4.45. The number of carboxylic acids is 1. The van der Waals surface area contributed by atoms with Gasteiger partial charge in [-0.25, -0.2) is 8.42 Å². The molecule has 1 aromatic carbocycles. The average molecular weight is 280 g/mol. The van der Waals surface area contributed by atoms with Crippen LogP contribution in [0.3, 0.4) is 0 Å². The number of nitriles is 1. The summed E-state index contributed by atoms with van der Waals surface area (Å²) in [5.74, 6) is -1.61. The molecule has 0 bridgehead atoms. The Morgan fingerprint density at radius 2 is 2.11 bits per heavy atom. The van der Waals surface area contributed by atoms with Gasteiger partial charge in [0.15, 0.2) is 0 Å². The third-order valence-corrected chi connectivity index (χ3v) is 5.11. The Bertz CT molecular complexity index is 669. The largest absolute Gasteiger partial charge is 0.481 e. The summed E-state index contributed by atoms with van der Waals surface area (Å²) in [7, 11) is -3.66. The molecule has 0 atom stereocenters. The fourth-order valence-electron chi connectivity index (χ4n) is 1.94. The van der Waals surface area contributed by atoms with Crippen molar-refractivity contribution < 1.29 is 18.3 Å². The highest BCUT2D eigenvalue weighted by Gasteiger charge is 2.40. The molecule has 0 aliphatic carbocycles. The van der Waals surface area contributed by atoms with E-state index in [9.17, 15) is 13.2 Å². The van der Waals surface area contributed by atoms with Gasteiger partial charge < -0.3 is 5.11 Å². The van der Waals surface area contributed by atoms with Gasteiger partial charge in [0.1, 0.15) is 0 Å². The summed E-state index contributed by atoms with van der Waals surface area (Å²) >= 11 is 0. The highest BCUT2D eigenvalue weighted by Crippen LogP contribution is 2.27. The Kier molecular flexibility index (Phi) is 3.30. The lowest BCUT2D eigenvalue weighted by molar-refractivity contribution is -0.145. The molecular weight excluding hydrogens is 268 g/mol. The van der Waals surface area contributed by atoms with E-state index in [1.54, 1.807) is 6.92 Å². The lowest BCUT2D eigenvalue weighted by Gasteiger charge is -2.35. The number of sulfonamides is 1. The van der Waals surface area contributed by atoms with Crippen LogP contribution in [0.25, 0.3) is 0 Å². The fourth-order valence-corrected chi connectivity index (χ4v) is 3.67. The number of hydrogen-bond donors (Lipinski definition) is 1. The summed E-state index contributed by atoms with van der Waals surface area (Å²) in [6.07, 6.45) is 0. The maximum atomic E-state index is 12.3. The van der Waals surface area contributed by atoms with Gasteiger partial charge in [0.25, 0.3) is 0 Å². The van der Waals surface area contributed by atoms with Crippen molar-refractivity contribution in [3.05, 3.63) is 29.3 Å². The molecule has 0 unspecified atom stereocenters. The minimum Gasteiger partial charge on any atom is -0.481 e. The number of aliphatic carboxylic acids is 1. The van der Waals surface area contributed by atoms with Crippen LogP contribution in [-0.4, -0.2) is 36.9 Å². The first-order valence-electron chi connectivity index (χ1n) is 5.60. The molecule has 7 heteroatoms. The van der Waals surface area contributed by atoms with Crippen LogP contribution >= 0.6 is 0 Å². The van der Waals surface area contributed by atoms with Crippen molar-refractivity contribution in [3.63, 3.8) is 0 Å². The number of carbonyl (C=O) groups is 1. The average Bonchev–Trinajstić information content (AvgIpc) is 2.25. The van der Waals surface area contributed by atoms with Crippen molar-refractivity contribution in [1.82, 2.24) is 4.31 Å². The molecule has 0 spiro atoms. The second-order valence-corrected chi connectivity index (χ2v) is 6.36. The minimum atomic E-state index is -3.66. The van der Waals surface area contributed by atoms with Crippen LogP contribution in [-0.2, 0) is 14.8 Å². The van der Waals surface area contributed by atoms with E-state index < -0.39 is 21.9 Å². The van der Waals surface area contributed by atoms with Gasteiger partial charge in [-0.2, -0.15) is 9.57 Å². The standard InChI is InChI=1S/C12H12N2O4S/c1-8-4-9(5-13)2-3-11(8)19(17,18)14-6-10(7-14)12(15)16/h2-4,10H,6-7H2,1H3,(H,15,16). The van der Waals surface area contributed by atoms with Gasteiger partial charge >= 0.3 is 5.97 Å². The zero-order valence-corrected chi connectivity index (χ0v) is 11.0. The molecule has 1 N–H and O–H groups in total. The smallest absolute Gasteiger partial charge is 0.309 e. The van der Waals surface area contributed by atoms with Gasteiger partial charge in [-0.1, -0.05) is 0 Å². The van der Waals surface area contributed by atoms with Gasteiger partial charge in [0.2, 0.25) is 10.0 Å². The van der Waals surface area contributed by atoms with E-state index in [4.69, 9.17) is 10.4 Å². The van der Waals surface area contributed by atoms with E-state index in [1.807, 2.05) is 6.07 Å². The number of nitrogens with zero attached hydrogens (tertiary/aromatic N) is 2. The molecule has 6 nitrogen and oxygen atoms in total. The SMILES string of the molecule is Cc1cc(C#N)ccc1S(=O)(=O)N1CC(C(=O)O)C1. The quantitative estimate of drug-likeness (QED) is 0.872. The first kappa shape index (κ1) is 13.5. The predicted octanol–water partition coefficient (Wildman–Crippen LogP) is 0.572. The lowest BCUT2D eigenvalue weighted by atomic mass is 10.0. The molecule has 100 valence electrons.